The molecule has 0 saturated carbocycles. The van der Waals surface area contributed by atoms with E-state index in [9.17, 15) is 19.7 Å². The first-order valence-electron chi connectivity index (χ1n) is 5.24. The second-order valence-electron chi connectivity index (χ2n) is 3.69. The average molecular weight is 268 g/mol. The molecule has 0 spiro atoms. The lowest BCUT2D eigenvalue weighted by molar-refractivity contribution is -0.385. The third-order valence-electron chi connectivity index (χ3n) is 2.14. The number of carbonyl (C=O) groups excluding carboxylic acids is 1. The Labute approximate surface area is 108 Å². The van der Waals surface area contributed by atoms with E-state index in [-0.39, 0.29) is 5.69 Å². The van der Waals surface area contributed by atoms with Gasteiger partial charge in [-0.15, -0.1) is 0 Å². The first-order valence-corrected chi connectivity index (χ1v) is 5.24. The molecule has 0 saturated heterocycles. The number of hydrogen-bond acceptors (Lipinski definition) is 5. The summed E-state index contributed by atoms with van der Waals surface area (Å²) in [6.07, 6.45) is 0. The number of nitrogens with one attached hydrogen (secondary N) is 1. The van der Waals surface area contributed by atoms with Crippen molar-refractivity contribution in [3.8, 4) is 0 Å². The summed E-state index contributed by atoms with van der Waals surface area (Å²) in [5.74, 6) is -1.70. The van der Waals surface area contributed by atoms with Crippen LogP contribution in [0.25, 0.3) is 0 Å². The van der Waals surface area contributed by atoms with Gasteiger partial charge in [0.1, 0.15) is 13.2 Å². The van der Waals surface area contributed by atoms with Crippen molar-refractivity contribution in [1.29, 1.82) is 0 Å². The topological polar surface area (TPSA) is 119 Å². The summed E-state index contributed by atoms with van der Waals surface area (Å²) in [6, 6.07) is 4.12. The zero-order valence-electron chi connectivity index (χ0n) is 10.1. The quantitative estimate of drug-likeness (QED) is 0.585. The minimum Gasteiger partial charge on any atom is -0.480 e. The monoisotopic (exact) mass is 268 g/mol. The van der Waals surface area contributed by atoms with Gasteiger partial charge in [-0.2, -0.15) is 0 Å². The molecule has 1 rings (SSSR count). The molecule has 0 aliphatic rings. The molecule has 0 bridgehead atoms. The fourth-order valence-electron chi connectivity index (χ4n) is 1.37. The Morgan fingerprint density at radius 1 is 1.42 bits per heavy atom. The maximum absolute atomic E-state index is 11.4. The number of carboxylic acids is 1. The number of ether oxygens (including phenoxy) is 1. The maximum Gasteiger partial charge on any atom is 0.329 e. The molecule has 0 unspecified atom stereocenters. The first kappa shape index (κ1) is 14.6. The van der Waals surface area contributed by atoms with Crippen LogP contribution in [0.15, 0.2) is 18.2 Å². The van der Waals surface area contributed by atoms with Gasteiger partial charge in [-0.3, -0.25) is 14.9 Å². The van der Waals surface area contributed by atoms with E-state index in [0.29, 0.717) is 11.3 Å². The molecule has 19 heavy (non-hydrogen) atoms. The van der Waals surface area contributed by atoms with Gasteiger partial charge in [0.15, 0.2) is 0 Å². The lowest BCUT2D eigenvalue weighted by atomic mass is 10.2. The van der Waals surface area contributed by atoms with Crippen molar-refractivity contribution in [2.45, 2.75) is 6.92 Å². The van der Waals surface area contributed by atoms with Crippen LogP contribution in [0.1, 0.15) is 5.56 Å². The molecule has 0 atom stereocenters. The predicted molar refractivity (Wildman–Crippen MR) is 64.9 cm³/mol. The van der Waals surface area contributed by atoms with E-state index >= 15 is 0 Å². The van der Waals surface area contributed by atoms with Crippen molar-refractivity contribution in [1.82, 2.24) is 0 Å². The molecule has 8 heteroatoms. The number of aliphatic carboxylic acids is 1. The summed E-state index contributed by atoms with van der Waals surface area (Å²) in [7, 11) is 0. The second kappa shape index (κ2) is 6.45. The number of nitrogens with zero attached hydrogens (tertiary/aromatic N) is 1. The van der Waals surface area contributed by atoms with E-state index in [1.54, 1.807) is 6.92 Å². The van der Waals surface area contributed by atoms with E-state index in [4.69, 9.17) is 5.11 Å². The van der Waals surface area contributed by atoms with Crippen LogP contribution in [-0.2, 0) is 14.3 Å². The van der Waals surface area contributed by atoms with Crippen molar-refractivity contribution in [3.05, 3.63) is 33.9 Å². The number of rotatable bonds is 6. The third-order valence-corrected chi connectivity index (χ3v) is 2.14. The minimum atomic E-state index is -1.17. The minimum absolute atomic E-state index is 0.0415. The van der Waals surface area contributed by atoms with Gasteiger partial charge in [0, 0.05) is 17.3 Å². The highest BCUT2D eigenvalue weighted by Gasteiger charge is 2.11. The predicted octanol–water partition coefficient (Wildman–Crippen LogP) is 0.943. The third kappa shape index (κ3) is 4.72. The molecule has 0 aliphatic carbocycles. The van der Waals surface area contributed by atoms with Crippen LogP contribution in [-0.4, -0.2) is 35.1 Å². The number of anilines is 1. The molecule has 0 heterocycles. The van der Waals surface area contributed by atoms with Gasteiger partial charge in [0.05, 0.1) is 4.92 Å². The molecular formula is C11H12N2O6. The van der Waals surface area contributed by atoms with Crippen molar-refractivity contribution in [3.63, 3.8) is 0 Å². The molecular weight excluding hydrogens is 256 g/mol. The molecule has 0 radical (unpaired) electrons. The number of carbonyl (C=O) groups is 2. The normalized spacial score (nSPS) is 9.95. The highest BCUT2D eigenvalue weighted by Crippen LogP contribution is 2.21. The van der Waals surface area contributed by atoms with E-state index < -0.39 is 30.0 Å². The zero-order chi connectivity index (χ0) is 14.4. The summed E-state index contributed by atoms with van der Waals surface area (Å²) in [4.78, 5) is 31.6. The van der Waals surface area contributed by atoms with Crippen molar-refractivity contribution < 1.29 is 24.4 Å². The van der Waals surface area contributed by atoms with E-state index in [1.807, 2.05) is 0 Å². The number of nitro groups is 1. The van der Waals surface area contributed by atoms with Crippen LogP contribution in [0.5, 0.6) is 0 Å². The Bertz CT molecular complexity index is 514. The first-order chi connectivity index (χ1) is 8.90. The molecule has 0 fully saturated rings. The Morgan fingerprint density at radius 2 is 2.11 bits per heavy atom. The summed E-state index contributed by atoms with van der Waals surface area (Å²) >= 11 is 0. The van der Waals surface area contributed by atoms with Gasteiger partial charge in [0.25, 0.3) is 5.69 Å². The fourth-order valence-corrected chi connectivity index (χ4v) is 1.37. The SMILES string of the molecule is Cc1cc(NC(=O)COCC(=O)O)ccc1[N+](=O)[O-]. The van der Waals surface area contributed by atoms with Crippen LogP contribution in [0.4, 0.5) is 11.4 Å². The van der Waals surface area contributed by atoms with Gasteiger partial charge in [-0.1, -0.05) is 0 Å². The number of aryl methyl sites for hydroxylation is 1. The fraction of sp³-hybridized carbons (Fsp3) is 0.273. The van der Waals surface area contributed by atoms with E-state index in [0.717, 1.165) is 0 Å². The Kier molecular flexibility index (Phi) is 4.95. The largest absolute Gasteiger partial charge is 0.480 e. The highest BCUT2D eigenvalue weighted by molar-refractivity contribution is 5.92. The van der Waals surface area contributed by atoms with Crippen molar-refractivity contribution in [2.75, 3.05) is 18.5 Å². The molecule has 1 aromatic carbocycles. The summed E-state index contributed by atoms with van der Waals surface area (Å²) < 4.78 is 4.60. The maximum atomic E-state index is 11.4. The highest BCUT2D eigenvalue weighted by atomic mass is 16.6. The second-order valence-corrected chi connectivity index (χ2v) is 3.69. The number of hydrogen-bond donors (Lipinski definition) is 2. The molecule has 0 aromatic heterocycles. The average Bonchev–Trinajstić information content (AvgIpc) is 2.27. The number of carboxylic acid groups (broad SMARTS) is 1. The Morgan fingerprint density at radius 3 is 2.63 bits per heavy atom. The number of nitro benzene ring substituents is 1. The van der Waals surface area contributed by atoms with Crippen LogP contribution in [0.2, 0.25) is 0 Å². The van der Waals surface area contributed by atoms with Crippen LogP contribution in [0, 0.1) is 17.0 Å². The van der Waals surface area contributed by atoms with Crippen LogP contribution in [0.3, 0.4) is 0 Å². The van der Waals surface area contributed by atoms with Crippen LogP contribution < -0.4 is 5.32 Å². The van der Waals surface area contributed by atoms with Gasteiger partial charge >= 0.3 is 5.97 Å². The molecule has 2 N–H and O–H groups in total. The number of amides is 1. The van der Waals surface area contributed by atoms with Gasteiger partial charge in [-0.05, 0) is 19.1 Å². The summed E-state index contributed by atoms with van der Waals surface area (Å²) in [6.45, 7) is 0.587. The zero-order valence-corrected chi connectivity index (χ0v) is 10.1. The number of benzene rings is 1. The molecule has 102 valence electrons. The van der Waals surface area contributed by atoms with Gasteiger partial charge in [0.2, 0.25) is 5.91 Å². The lowest BCUT2D eigenvalue weighted by Crippen LogP contribution is -2.20. The van der Waals surface area contributed by atoms with Gasteiger partial charge < -0.3 is 15.2 Å². The molecule has 1 amide bonds. The van der Waals surface area contributed by atoms with Crippen molar-refractivity contribution >= 4 is 23.3 Å². The Hall–Kier alpha value is -2.48. The van der Waals surface area contributed by atoms with Crippen molar-refractivity contribution in [2.24, 2.45) is 0 Å². The lowest BCUT2D eigenvalue weighted by Gasteiger charge is -2.06. The van der Waals surface area contributed by atoms with Gasteiger partial charge in [-0.25, -0.2) is 4.79 Å². The van der Waals surface area contributed by atoms with E-state index in [1.165, 1.54) is 18.2 Å². The standard InChI is InChI=1S/C11H12N2O6/c1-7-4-8(2-3-9(7)13(17)18)12-10(14)5-19-6-11(15)16/h2-4H,5-6H2,1H3,(H,12,14)(H,15,16). The molecule has 0 aliphatic heterocycles. The van der Waals surface area contributed by atoms with Crippen LogP contribution >= 0.6 is 0 Å². The molecule has 8 nitrogen and oxygen atoms in total. The summed E-state index contributed by atoms with van der Waals surface area (Å²) in [5, 5.41) is 21.4. The molecule has 1 aromatic rings. The van der Waals surface area contributed by atoms with E-state index in [2.05, 4.69) is 10.1 Å². The summed E-state index contributed by atoms with van der Waals surface area (Å²) in [5.41, 5.74) is 0.751. The Balaban J connectivity index is 2.58. The smallest absolute Gasteiger partial charge is 0.329 e.